The summed E-state index contributed by atoms with van der Waals surface area (Å²) >= 11 is 0. The number of fused-ring (bicyclic) bond motifs is 1. The van der Waals surface area contributed by atoms with Crippen LogP contribution in [0.1, 0.15) is 28.7 Å². The number of aromatic nitrogens is 2. The van der Waals surface area contributed by atoms with Gasteiger partial charge in [0, 0.05) is 18.9 Å². The van der Waals surface area contributed by atoms with Crippen molar-refractivity contribution in [3.63, 3.8) is 0 Å². The van der Waals surface area contributed by atoms with E-state index in [-0.39, 0.29) is 11.7 Å². The highest BCUT2D eigenvalue weighted by Crippen LogP contribution is 2.22. The highest BCUT2D eigenvalue weighted by atomic mass is 16.3. The zero-order valence-corrected chi connectivity index (χ0v) is 13.4. The molecule has 0 spiro atoms. The van der Waals surface area contributed by atoms with Crippen LogP contribution < -0.4 is 4.90 Å². The van der Waals surface area contributed by atoms with Gasteiger partial charge in [-0.2, -0.15) is 0 Å². The third-order valence-electron chi connectivity index (χ3n) is 3.92. The molecule has 2 heterocycles. The number of hydrogen-bond donors (Lipinski definition) is 1. The average Bonchev–Trinajstić information content (AvgIpc) is 2.91. The molecule has 0 fully saturated rings. The summed E-state index contributed by atoms with van der Waals surface area (Å²) < 4.78 is 1.85. The molecule has 5 nitrogen and oxygen atoms in total. The highest BCUT2D eigenvalue weighted by molar-refractivity contribution is 6.06. The predicted octanol–water partition coefficient (Wildman–Crippen LogP) is 3.19. The second-order valence-electron chi connectivity index (χ2n) is 5.58. The topological polar surface area (TPSA) is 57.8 Å². The first kappa shape index (κ1) is 15.1. The van der Waals surface area contributed by atoms with Crippen LogP contribution in [0.15, 0.2) is 42.6 Å². The van der Waals surface area contributed by atoms with Gasteiger partial charge in [-0.25, -0.2) is 4.98 Å². The van der Waals surface area contributed by atoms with Crippen LogP contribution in [0, 0.1) is 6.92 Å². The van der Waals surface area contributed by atoms with Crippen LogP contribution in [0.3, 0.4) is 0 Å². The summed E-state index contributed by atoms with van der Waals surface area (Å²) in [7, 11) is 1.73. The molecule has 0 saturated carbocycles. The summed E-state index contributed by atoms with van der Waals surface area (Å²) in [5, 5.41) is 9.40. The summed E-state index contributed by atoms with van der Waals surface area (Å²) in [6.07, 6.45) is 2.62. The monoisotopic (exact) mass is 309 g/mol. The van der Waals surface area contributed by atoms with Gasteiger partial charge in [0.05, 0.1) is 5.69 Å². The van der Waals surface area contributed by atoms with E-state index < -0.39 is 0 Å². The van der Waals surface area contributed by atoms with Gasteiger partial charge in [0.15, 0.2) is 0 Å². The van der Waals surface area contributed by atoms with Crippen molar-refractivity contribution >= 4 is 17.2 Å². The molecule has 2 aromatic heterocycles. The molecule has 1 N–H and O–H groups in total. The molecule has 23 heavy (non-hydrogen) atoms. The lowest BCUT2D eigenvalue weighted by Gasteiger charge is -2.18. The smallest absolute Gasteiger partial charge is 0.276 e. The van der Waals surface area contributed by atoms with Gasteiger partial charge in [0.25, 0.3) is 5.91 Å². The Labute approximate surface area is 134 Å². The molecule has 0 radical (unpaired) electrons. The van der Waals surface area contributed by atoms with Crippen LogP contribution >= 0.6 is 0 Å². The Balaban J connectivity index is 2.09. The van der Waals surface area contributed by atoms with Crippen molar-refractivity contribution < 1.29 is 9.90 Å². The van der Waals surface area contributed by atoms with Gasteiger partial charge in [-0.1, -0.05) is 13.0 Å². The molecule has 5 heteroatoms. The summed E-state index contributed by atoms with van der Waals surface area (Å²) in [5.74, 6) is 0.0555. The molecule has 0 aliphatic carbocycles. The van der Waals surface area contributed by atoms with E-state index in [4.69, 9.17) is 0 Å². The van der Waals surface area contributed by atoms with Gasteiger partial charge in [0.1, 0.15) is 17.1 Å². The fraction of sp³-hybridized carbons (Fsp3) is 0.222. The second kappa shape index (κ2) is 5.76. The molecule has 0 bridgehead atoms. The molecule has 3 aromatic rings. The fourth-order valence-electron chi connectivity index (χ4n) is 2.62. The number of hydrogen-bond acceptors (Lipinski definition) is 3. The van der Waals surface area contributed by atoms with Crippen molar-refractivity contribution in [1.29, 1.82) is 0 Å². The first-order valence-corrected chi connectivity index (χ1v) is 7.56. The number of aryl methyl sites for hydroxylation is 2. The van der Waals surface area contributed by atoms with Crippen molar-refractivity contribution in [2.75, 3.05) is 11.9 Å². The van der Waals surface area contributed by atoms with E-state index in [0.29, 0.717) is 12.1 Å². The first-order valence-electron chi connectivity index (χ1n) is 7.56. The van der Waals surface area contributed by atoms with E-state index in [9.17, 15) is 9.90 Å². The largest absolute Gasteiger partial charge is 0.508 e. The van der Waals surface area contributed by atoms with E-state index in [2.05, 4.69) is 4.98 Å². The van der Waals surface area contributed by atoms with Crippen LogP contribution in [0.5, 0.6) is 5.75 Å². The van der Waals surface area contributed by atoms with Crippen LogP contribution in [0.2, 0.25) is 0 Å². The van der Waals surface area contributed by atoms with Crippen molar-refractivity contribution in [3.05, 3.63) is 59.5 Å². The highest BCUT2D eigenvalue weighted by Gasteiger charge is 2.22. The van der Waals surface area contributed by atoms with Crippen molar-refractivity contribution in [2.45, 2.75) is 20.3 Å². The lowest BCUT2D eigenvalue weighted by molar-refractivity contribution is 0.0986. The van der Waals surface area contributed by atoms with E-state index in [1.807, 2.05) is 36.6 Å². The van der Waals surface area contributed by atoms with E-state index in [1.54, 1.807) is 36.2 Å². The lowest BCUT2D eigenvalue weighted by Crippen LogP contribution is -2.28. The normalized spacial score (nSPS) is 10.9. The maximum absolute atomic E-state index is 13.0. The van der Waals surface area contributed by atoms with Crippen LogP contribution in [0.4, 0.5) is 5.69 Å². The summed E-state index contributed by atoms with van der Waals surface area (Å²) in [5.41, 5.74) is 3.93. The Kier molecular flexibility index (Phi) is 3.78. The molecule has 3 rings (SSSR count). The predicted molar refractivity (Wildman–Crippen MR) is 90.1 cm³/mol. The van der Waals surface area contributed by atoms with Crippen molar-refractivity contribution in [1.82, 2.24) is 9.38 Å². The average molecular weight is 309 g/mol. The molecule has 1 aromatic carbocycles. The Morgan fingerprint density at radius 1 is 1.22 bits per heavy atom. The van der Waals surface area contributed by atoms with Gasteiger partial charge in [0.2, 0.25) is 0 Å². The number of aromatic hydroxyl groups is 1. The molecule has 0 atom stereocenters. The number of phenolic OH excluding ortho intramolecular Hbond substituents is 1. The maximum atomic E-state index is 13.0. The second-order valence-corrected chi connectivity index (χ2v) is 5.58. The fourth-order valence-corrected chi connectivity index (χ4v) is 2.62. The minimum Gasteiger partial charge on any atom is -0.508 e. The molecule has 0 unspecified atom stereocenters. The van der Waals surface area contributed by atoms with Gasteiger partial charge >= 0.3 is 0 Å². The summed E-state index contributed by atoms with van der Waals surface area (Å²) in [6, 6.07) is 10.5. The Morgan fingerprint density at radius 2 is 1.91 bits per heavy atom. The number of anilines is 1. The Morgan fingerprint density at radius 3 is 2.57 bits per heavy atom. The molecule has 1 amide bonds. The number of rotatable bonds is 3. The molecular formula is C18H19N3O2. The molecule has 0 saturated heterocycles. The quantitative estimate of drug-likeness (QED) is 0.808. The standard InChI is InChI=1S/C18H19N3O2/c1-4-15-17(21-11-12(2)5-10-16(21)19-15)18(23)20(3)13-6-8-14(22)9-7-13/h5-11,22H,4H2,1-3H3. The summed E-state index contributed by atoms with van der Waals surface area (Å²) in [6.45, 7) is 3.98. The number of phenols is 1. The molecule has 0 aliphatic rings. The molecule has 118 valence electrons. The number of amides is 1. The van der Waals surface area contributed by atoms with Crippen LogP contribution in [-0.4, -0.2) is 27.4 Å². The zero-order chi connectivity index (χ0) is 16.6. The number of benzene rings is 1. The van der Waals surface area contributed by atoms with Crippen LogP contribution in [0.25, 0.3) is 5.65 Å². The maximum Gasteiger partial charge on any atom is 0.276 e. The van der Waals surface area contributed by atoms with E-state index in [0.717, 1.165) is 22.6 Å². The van der Waals surface area contributed by atoms with Gasteiger partial charge in [-0.3, -0.25) is 9.20 Å². The number of pyridine rings is 1. The molecular weight excluding hydrogens is 290 g/mol. The SMILES string of the molecule is CCc1nc2ccc(C)cn2c1C(=O)N(C)c1ccc(O)cc1. The number of nitrogens with zero attached hydrogens (tertiary/aromatic N) is 3. The van der Waals surface area contributed by atoms with Crippen LogP contribution in [-0.2, 0) is 6.42 Å². The number of carbonyl (C=O) groups is 1. The van der Waals surface area contributed by atoms with Crippen molar-refractivity contribution in [3.8, 4) is 5.75 Å². The Bertz CT molecular complexity index is 866. The van der Waals surface area contributed by atoms with Gasteiger partial charge in [-0.15, -0.1) is 0 Å². The lowest BCUT2D eigenvalue weighted by atomic mass is 10.2. The third kappa shape index (κ3) is 2.65. The van der Waals surface area contributed by atoms with E-state index in [1.165, 1.54) is 0 Å². The minimum absolute atomic E-state index is 0.120. The van der Waals surface area contributed by atoms with E-state index >= 15 is 0 Å². The molecule has 0 aliphatic heterocycles. The van der Waals surface area contributed by atoms with Crippen molar-refractivity contribution in [2.24, 2.45) is 0 Å². The number of carbonyl (C=O) groups excluding carboxylic acids is 1. The Hall–Kier alpha value is -2.82. The van der Waals surface area contributed by atoms with Gasteiger partial charge in [-0.05, 0) is 49.2 Å². The minimum atomic E-state index is -0.120. The third-order valence-corrected chi connectivity index (χ3v) is 3.92. The zero-order valence-electron chi connectivity index (χ0n) is 13.4. The summed E-state index contributed by atoms with van der Waals surface area (Å²) in [4.78, 5) is 19.1. The number of imidazole rings is 1. The first-order chi connectivity index (χ1) is 11.0. The van der Waals surface area contributed by atoms with Gasteiger partial charge < -0.3 is 10.0 Å².